The van der Waals surface area contributed by atoms with Crippen LogP contribution < -0.4 is 4.74 Å². The van der Waals surface area contributed by atoms with Gasteiger partial charge in [0.1, 0.15) is 5.75 Å². The molecule has 0 bridgehead atoms. The Balaban J connectivity index is 2.46. The Morgan fingerprint density at radius 1 is 1.22 bits per heavy atom. The predicted molar refractivity (Wildman–Crippen MR) is 85.3 cm³/mol. The van der Waals surface area contributed by atoms with Crippen molar-refractivity contribution in [1.82, 2.24) is 0 Å². The summed E-state index contributed by atoms with van der Waals surface area (Å²) in [5, 5.41) is 0. The third-order valence-electron chi connectivity index (χ3n) is 2.79. The fourth-order valence-electron chi connectivity index (χ4n) is 1.79. The molecule has 0 aliphatic heterocycles. The molecule has 0 aliphatic rings. The molecule has 18 heavy (non-hydrogen) atoms. The summed E-state index contributed by atoms with van der Waals surface area (Å²) in [4.78, 5) is 2.78. The van der Waals surface area contributed by atoms with Crippen LogP contribution in [0.1, 0.15) is 25.7 Å². The number of hydrogen-bond donors (Lipinski definition) is 0. The highest BCUT2D eigenvalue weighted by molar-refractivity contribution is 9.10. The normalized spacial score (nSPS) is 12.5. The molecule has 0 spiro atoms. The number of halogens is 2. The summed E-state index contributed by atoms with van der Waals surface area (Å²) in [5.74, 6) is 0.920. The molecule has 0 radical (unpaired) electrons. The van der Waals surface area contributed by atoms with E-state index in [1.54, 1.807) is 18.4 Å². The average molecular weight is 390 g/mol. The van der Waals surface area contributed by atoms with E-state index in [4.69, 9.17) is 4.74 Å². The lowest BCUT2D eigenvalue weighted by molar-refractivity contribution is 0.410. The van der Waals surface area contributed by atoms with Crippen molar-refractivity contribution in [3.8, 4) is 5.75 Å². The van der Waals surface area contributed by atoms with Crippen LogP contribution in [-0.2, 0) is 0 Å². The van der Waals surface area contributed by atoms with E-state index < -0.39 is 0 Å². The smallest absolute Gasteiger partial charge is 0.123 e. The quantitative estimate of drug-likeness (QED) is 0.619. The Kier molecular flexibility index (Phi) is 4.51. The monoisotopic (exact) mass is 388 g/mol. The van der Waals surface area contributed by atoms with Crippen molar-refractivity contribution in [2.75, 3.05) is 7.11 Å². The molecule has 0 fully saturated rings. The fraction of sp³-hybridized carbons (Fsp3) is 0.286. The van der Waals surface area contributed by atoms with E-state index in [1.165, 1.54) is 15.3 Å². The van der Waals surface area contributed by atoms with Crippen molar-refractivity contribution in [2.24, 2.45) is 0 Å². The maximum Gasteiger partial charge on any atom is 0.123 e. The molecule has 0 saturated carbocycles. The summed E-state index contributed by atoms with van der Waals surface area (Å²) in [5.41, 5.74) is 2.33. The van der Waals surface area contributed by atoms with Gasteiger partial charge in [-0.2, -0.15) is 0 Å². The van der Waals surface area contributed by atoms with E-state index >= 15 is 0 Å². The first-order chi connectivity index (χ1) is 8.52. The summed E-state index contributed by atoms with van der Waals surface area (Å²) >= 11 is 9.15. The predicted octanol–water partition coefficient (Wildman–Crippen LogP) is 5.62. The standard InChI is InChI=1S/C14H14Br2OS/c1-8-6-12(17-3)10(7-11(8)15)14(16)13-5-4-9(2)18-13/h4-7,14H,1-3H3. The van der Waals surface area contributed by atoms with Crippen molar-refractivity contribution in [3.05, 3.63) is 49.6 Å². The van der Waals surface area contributed by atoms with Gasteiger partial charge in [-0.1, -0.05) is 31.9 Å². The second-order valence-corrected chi connectivity index (χ2v) is 7.24. The van der Waals surface area contributed by atoms with Crippen LogP contribution >= 0.6 is 43.2 Å². The molecule has 1 heterocycles. The summed E-state index contributed by atoms with van der Waals surface area (Å²) in [6.45, 7) is 4.19. The number of thiophene rings is 1. The Hall–Kier alpha value is -0.320. The molecule has 1 aromatic carbocycles. The molecule has 0 amide bonds. The van der Waals surface area contributed by atoms with Crippen LogP contribution in [0, 0.1) is 13.8 Å². The van der Waals surface area contributed by atoms with Crippen LogP contribution in [0.5, 0.6) is 5.75 Å². The molecule has 1 unspecified atom stereocenters. The SMILES string of the molecule is COc1cc(C)c(Br)cc1C(Br)c1ccc(C)s1. The van der Waals surface area contributed by atoms with Gasteiger partial charge in [0.25, 0.3) is 0 Å². The summed E-state index contributed by atoms with van der Waals surface area (Å²) < 4.78 is 6.59. The van der Waals surface area contributed by atoms with Crippen molar-refractivity contribution in [2.45, 2.75) is 18.7 Å². The van der Waals surface area contributed by atoms with Crippen LogP contribution in [0.25, 0.3) is 0 Å². The minimum absolute atomic E-state index is 0.169. The lowest BCUT2D eigenvalue weighted by Crippen LogP contribution is -1.96. The van der Waals surface area contributed by atoms with Gasteiger partial charge in [0.15, 0.2) is 0 Å². The fourth-order valence-corrected chi connectivity index (χ4v) is 3.81. The first-order valence-electron chi connectivity index (χ1n) is 5.57. The Morgan fingerprint density at radius 2 is 1.94 bits per heavy atom. The van der Waals surface area contributed by atoms with Gasteiger partial charge in [-0.05, 0) is 43.7 Å². The zero-order chi connectivity index (χ0) is 13.3. The molecule has 4 heteroatoms. The second-order valence-electron chi connectivity index (χ2n) is 4.15. The van der Waals surface area contributed by atoms with Crippen LogP contribution in [0.4, 0.5) is 0 Å². The van der Waals surface area contributed by atoms with E-state index in [9.17, 15) is 0 Å². The molecule has 96 valence electrons. The molecule has 1 atom stereocenters. The number of alkyl halides is 1. The number of hydrogen-bond acceptors (Lipinski definition) is 2. The Morgan fingerprint density at radius 3 is 2.50 bits per heavy atom. The summed E-state index contributed by atoms with van der Waals surface area (Å²) in [6.07, 6.45) is 0. The number of rotatable bonds is 3. The van der Waals surface area contributed by atoms with E-state index in [-0.39, 0.29) is 4.83 Å². The highest BCUT2D eigenvalue weighted by Gasteiger charge is 2.18. The lowest BCUT2D eigenvalue weighted by atomic mass is 10.1. The molecule has 2 rings (SSSR count). The van der Waals surface area contributed by atoms with Gasteiger partial charge in [-0.3, -0.25) is 0 Å². The third kappa shape index (κ3) is 2.81. The number of aryl methyl sites for hydroxylation is 2. The van der Waals surface area contributed by atoms with E-state index in [2.05, 4.69) is 70.0 Å². The van der Waals surface area contributed by atoms with E-state index in [0.29, 0.717) is 0 Å². The van der Waals surface area contributed by atoms with Crippen molar-refractivity contribution < 1.29 is 4.74 Å². The van der Waals surface area contributed by atoms with E-state index in [1.807, 2.05) is 0 Å². The van der Waals surface area contributed by atoms with Crippen molar-refractivity contribution in [1.29, 1.82) is 0 Å². The number of benzene rings is 1. The van der Waals surface area contributed by atoms with Gasteiger partial charge in [-0.25, -0.2) is 0 Å². The first-order valence-corrected chi connectivity index (χ1v) is 8.10. The lowest BCUT2D eigenvalue weighted by Gasteiger charge is -2.15. The van der Waals surface area contributed by atoms with Gasteiger partial charge in [0, 0.05) is 19.8 Å². The second kappa shape index (κ2) is 5.76. The average Bonchev–Trinajstić information content (AvgIpc) is 2.78. The Bertz CT molecular complexity index is 563. The van der Waals surface area contributed by atoms with Gasteiger partial charge in [-0.15, -0.1) is 11.3 Å². The molecule has 1 aromatic heterocycles. The molecule has 2 aromatic rings. The van der Waals surface area contributed by atoms with Gasteiger partial charge in [0.2, 0.25) is 0 Å². The molecule has 0 aliphatic carbocycles. The van der Waals surface area contributed by atoms with Crippen molar-refractivity contribution >= 4 is 43.2 Å². The largest absolute Gasteiger partial charge is 0.496 e. The van der Waals surface area contributed by atoms with Crippen LogP contribution in [-0.4, -0.2) is 7.11 Å². The molecular formula is C14H14Br2OS. The van der Waals surface area contributed by atoms with Gasteiger partial charge in [0.05, 0.1) is 11.9 Å². The maximum atomic E-state index is 5.48. The highest BCUT2D eigenvalue weighted by atomic mass is 79.9. The maximum absolute atomic E-state index is 5.48. The highest BCUT2D eigenvalue weighted by Crippen LogP contribution is 2.41. The summed E-state index contributed by atoms with van der Waals surface area (Å²) in [6, 6.07) is 8.49. The Labute approximate surface area is 128 Å². The number of ether oxygens (including phenoxy) is 1. The van der Waals surface area contributed by atoms with Crippen LogP contribution in [0.15, 0.2) is 28.7 Å². The van der Waals surface area contributed by atoms with Crippen molar-refractivity contribution in [3.63, 3.8) is 0 Å². The van der Waals surface area contributed by atoms with Gasteiger partial charge < -0.3 is 4.74 Å². The van der Waals surface area contributed by atoms with E-state index in [0.717, 1.165) is 15.8 Å². The molecule has 0 saturated heterocycles. The topological polar surface area (TPSA) is 9.23 Å². The number of methoxy groups -OCH3 is 1. The molecular weight excluding hydrogens is 376 g/mol. The third-order valence-corrected chi connectivity index (χ3v) is 6.00. The molecule has 0 N–H and O–H groups in total. The first kappa shape index (κ1) is 14.1. The zero-order valence-corrected chi connectivity index (χ0v) is 14.4. The van der Waals surface area contributed by atoms with Gasteiger partial charge >= 0.3 is 0 Å². The zero-order valence-electron chi connectivity index (χ0n) is 10.5. The van der Waals surface area contributed by atoms with Crippen LogP contribution in [0.3, 0.4) is 0 Å². The minimum Gasteiger partial charge on any atom is -0.496 e. The minimum atomic E-state index is 0.169. The summed E-state index contributed by atoms with van der Waals surface area (Å²) in [7, 11) is 1.71. The van der Waals surface area contributed by atoms with Crippen LogP contribution in [0.2, 0.25) is 0 Å². The molecule has 1 nitrogen and oxygen atoms in total.